The predicted molar refractivity (Wildman–Crippen MR) is 66.8 cm³/mol. The zero-order valence-corrected chi connectivity index (χ0v) is 10.3. The number of aliphatic hydroxyl groups is 1. The first-order valence-corrected chi connectivity index (χ1v) is 5.46. The molecule has 0 aromatic heterocycles. The first kappa shape index (κ1) is 14.8. The number of nitrogens with zero attached hydrogens (tertiary/aromatic N) is 1. The SMILES string of the molecule is N#Cc1ccc(NC(=O)N[C@@H](CO)C(=O)O)c(Cl)c1. The van der Waals surface area contributed by atoms with E-state index in [4.69, 9.17) is 27.1 Å². The molecular formula is C11H10ClN3O4. The lowest BCUT2D eigenvalue weighted by atomic mass is 10.2. The fourth-order valence-electron chi connectivity index (χ4n) is 1.19. The van der Waals surface area contributed by atoms with Crippen LogP contribution in [0.3, 0.4) is 0 Å². The molecule has 0 saturated carbocycles. The number of rotatable bonds is 4. The zero-order chi connectivity index (χ0) is 14.4. The molecule has 1 atom stereocenters. The Kier molecular flexibility index (Phi) is 5.11. The van der Waals surface area contributed by atoms with E-state index in [2.05, 4.69) is 5.32 Å². The van der Waals surface area contributed by atoms with Gasteiger partial charge in [0.05, 0.1) is 28.9 Å². The first-order valence-electron chi connectivity index (χ1n) is 5.08. The Morgan fingerprint density at radius 1 is 1.47 bits per heavy atom. The van der Waals surface area contributed by atoms with Crippen LogP contribution in [0, 0.1) is 11.3 Å². The summed E-state index contributed by atoms with van der Waals surface area (Å²) in [5, 5.41) is 30.5. The molecular weight excluding hydrogens is 274 g/mol. The molecule has 19 heavy (non-hydrogen) atoms. The predicted octanol–water partition coefficient (Wildman–Crippen LogP) is 0.779. The average molecular weight is 284 g/mol. The first-order chi connectivity index (χ1) is 8.97. The minimum atomic E-state index is -1.41. The van der Waals surface area contributed by atoms with Crippen LogP contribution < -0.4 is 10.6 Å². The Bertz CT molecular complexity index is 541. The summed E-state index contributed by atoms with van der Waals surface area (Å²) < 4.78 is 0. The Morgan fingerprint density at radius 3 is 2.63 bits per heavy atom. The third-order valence-corrected chi connectivity index (χ3v) is 2.45. The quantitative estimate of drug-likeness (QED) is 0.650. The van der Waals surface area contributed by atoms with Crippen LogP contribution in [0.1, 0.15) is 5.56 Å². The van der Waals surface area contributed by atoms with Crippen molar-refractivity contribution in [3.05, 3.63) is 28.8 Å². The number of carbonyl (C=O) groups excluding carboxylic acids is 1. The molecule has 0 radical (unpaired) electrons. The molecule has 0 spiro atoms. The van der Waals surface area contributed by atoms with Crippen LogP contribution in [0.2, 0.25) is 5.02 Å². The number of carboxylic acids is 1. The van der Waals surface area contributed by atoms with Gasteiger partial charge in [-0.1, -0.05) is 11.6 Å². The maximum Gasteiger partial charge on any atom is 0.328 e. The molecule has 100 valence electrons. The van der Waals surface area contributed by atoms with Crippen LogP contribution in [0.5, 0.6) is 0 Å². The Hall–Kier alpha value is -2.30. The fourth-order valence-corrected chi connectivity index (χ4v) is 1.42. The summed E-state index contributed by atoms with van der Waals surface area (Å²) in [4.78, 5) is 22.1. The number of carbonyl (C=O) groups is 2. The molecule has 1 aromatic carbocycles. The third kappa shape index (κ3) is 4.13. The largest absolute Gasteiger partial charge is 0.480 e. The van der Waals surface area contributed by atoms with Gasteiger partial charge < -0.3 is 20.8 Å². The van der Waals surface area contributed by atoms with Crippen LogP contribution in [0.25, 0.3) is 0 Å². The van der Waals surface area contributed by atoms with Gasteiger partial charge in [0.25, 0.3) is 0 Å². The van der Waals surface area contributed by atoms with E-state index in [0.717, 1.165) is 0 Å². The van der Waals surface area contributed by atoms with Crippen molar-refractivity contribution in [2.75, 3.05) is 11.9 Å². The highest BCUT2D eigenvalue weighted by Crippen LogP contribution is 2.22. The van der Waals surface area contributed by atoms with Crippen LogP contribution >= 0.6 is 11.6 Å². The van der Waals surface area contributed by atoms with Gasteiger partial charge >= 0.3 is 12.0 Å². The third-order valence-electron chi connectivity index (χ3n) is 2.13. The molecule has 1 rings (SSSR count). The van der Waals surface area contributed by atoms with Gasteiger partial charge in [-0.2, -0.15) is 5.26 Å². The number of hydrogen-bond donors (Lipinski definition) is 4. The molecule has 1 aromatic rings. The average Bonchev–Trinajstić information content (AvgIpc) is 2.37. The number of amides is 2. The highest BCUT2D eigenvalue weighted by atomic mass is 35.5. The highest BCUT2D eigenvalue weighted by molar-refractivity contribution is 6.33. The summed E-state index contributed by atoms with van der Waals surface area (Å²) in [6.07, 6.45) is 0. The molecule has 4 N–H and O–H groups in total. The minimum absolute atomic E-state index is 0.144. The van der Waals surface area contributed by atoms with Crippen LogP contribution in [-0.4, -0.2) is 34.9 Å². The Morgan fingerprint density at radius 2 is 2.16 bits per heavy atom. The normalized spacial score (nSPS) is 11.2. The molecule has 7 nitrogen and oxygen atoms in total. The van der Waals surface area contributed by atoms with Crippen molar-refractivity contribution >= 4 is 29.3 Å². The van der Waals surface area contributed by atoms with Gasteiger partial charge in [-0.3, -0.25) is 0 Å². The van der Waals surface area contributed by atoms with Crippen molar-refractivity contribution in [3.8, 4) is 6.07 Å². The lowest BCUT2D eigenvalue weighted by Crippen LogP contribution is -2.45. The summed E-state index contributed by atoms with van der Waals surface area (Å²) in [5.41, 5.74) is 0.551. The minimum Gasteiger partial charge on any atom is -0.480 e. The summed E-state index contributed by atoms with van der Waals surface area (Å²) in [7, 11) is 0. The number of aliphatic hydroxyl groups excluding tert-OH is 1. The van der Waals surface area contributed by atoms with Crippen molar-refractivity contribution < 1.29 is 19.8 Å². The van der Waals surface area contributed by atoms with E-state index in [-0.39, 0.29) is 10.7 Å². The van der Waals surface area contributed by atoms with Crippen molar-refractivity contribution in [1.29, 1.82) is 5.26 Å². The van der Waals surface area contributed by atoms with E-state index in [1.165, 1.54) is 18.2 Å². The number of nitrogens with one attached hydrogen (secondary N) is 2. The number of hydrogen-bond acceptors (Lipinski definition) is 4. The topological polar surface area (TPSA) is 122 Å². The molecule has 2 amide bonds. The summed E-state index contributed by atoms with van der Waals surface area (Å²) in [6.45, 7) is -0.732. The molecule has 0 heterocycles. The molecule has 0 aliphatic rings. The number of nitriles is 1. The fraction of sp³-hybridized carbons (Fsp3) is 0.182. The van der Waals surface area contributed by atoms with Gasteiger partial charge in [0.15, 0.2) is 6.04 Å². The molecule has 0 unspecified atom stereocenters. The van der Waals surface area contributed by atoms with Crippen LogP contribution in [-0.2, 0) is 4.79 Å². The van der Waals surface area contributed by atoms with E-state index in [9.17, 15) is 9.59 Å². The lowest BCUT2D eigenvalue weighted by Gasteiger charge is -2.13. The van der Waals surface area contributed by atoms with E-state index in [1.54, 1.807) is 0 Å². The van der Waals surface area contributed by atoms with Crippen molar-refractivity contribution in [2.24, 2.45) is 0 Å². The summed E-state index contributed by atoms with van der Waals surface area (Å²) in [6, 6.07) is 3.87. The standard InChI is InChI=1S/C11H10ClN3O4/c12-7-3-6(4-13)1-2-8(7)14-11(19)15-9(5-16)10(17)18/h1-3,9,16H,5H2,(H,17,18)(H2,14,15,19)/t9-/m0/s1. The second kappa shape index (κ2) is 6.58. The Labute approximate surface area is 113 Å². The number of benzene rings is 1. The van der Waals surface area contributed by atoms with E-state index in [1.807, 2.05) is 11.4 Å². The van der Waals surface area contributed by atoms with Gasteiger partial charge in [-0.25, -0.2) is 9.59 Å². The van der Waals surface area contributed by atoms with Crippen molar-refractivity contribution in [1.82, 2.24) is 5.32 Å². The number of carboxylic acid groups (broad SMARTS) is 1. The van der Waals surface area contributed by atoms with E-state index < -0.39 is 24.6 Å². The summed E-state index contributed by atoms with van der Waals surface area (Å²) >= 11 is 5.83. The van der Waals surface area contributed by atoms with Crippen molar-refractivity contribution in [3.63, 3.8) is 0 Å². The Balaban J connectivity index is 2.72. The van der Waals surface area contributed by atoms with Gasteiger partial charge in [0.1, 0.15) is 0 Å². The second-order valence-corrected chi connectivity index (χ2v) is 3.89. The monoisotopic (exact) mass is 283 g/mol. The number of urea groups is 1. The summed E-state index contributed by atoms with van der Waals surface area (Å²) in [5.74, 6) is -1.36. The molecule has 0 bridgehead atoms. The number of anilines is 1. The molecule has 0 aliphatic heterocycles. The van der Waals surface area contributed by atoms with E-state index >= 15 is 0 Å². The van der Waals surface area contributed by atoms with E-state index in [0.29, 0.717) is 5.56 Å². The van der Waals surface area contributed by atoms with Gasteiger partial charge in [0.2, 0.25) is 0 Å². The zero-order valence-electron chi connectivity index (χ0n) is 9.55. The molecule has 8 heteroatoms. The van der Waals surface area contributed by atoms with Gasteiger partial charge in [-0.15, -0.1) is 0 Å². The molecule has 0 fully saturated rings. The van der Waals surface area contributed by atoms with Gasteiger partial charge in [-0.05, 0) is 18.2 Å². The smallest absolute Gasteiger partial charge is 0.328 e. The molecule has 0 saturated heterocycles. The lowest BCUT2D eigenvalue weighted by molar-refractivity contribution is -0.140. The van der Waals surface area contributed by atoms with Gasteiger partial charge in [0, 0.05) is 0 Å². The highest BCUT2D eigenvalue weighted by Gasteiger charge is 2.18. The van der Waals surface area contributed by atoms with Crippen LogP contribution in [0.15, 0.2) is 18.2 Å². The van der Waals surface area contributed by atoms with Crippen LogP contribution in [0.4, 0.5) is 10.5 Å². The maximum atomic E-state index is 11.5. The maximum absolute atomic E-state index is 11.5. The molecule has 0 aliphatic carbocycles. The number of halogens is 1. The van der Waals surface area contributed by atoms with Crippen molar-refractivity contribution in [2.45, 2.75) is 6.04 Å². The number of aliphatic carboxylic acids is 1. The second-order valence-electron chi connectivity index (χ2n) is 3.48.